The minimum Gasteiger partial charge on any atom is -0.314 e. The number of aryl methyl sites for hydroxylation is 1. The molecule has 3 heteroatoms. The van der Waals surface area contributed by atoms with Gasteiger partial charge >= 0.3 is 0 Å². The standard InChI is InChI=1S/C12H19N3/c1-8-5-9(7-13-4)15-11(14-8)10-6-12(10,2)3/h5,10,13H,6-7H2,1-4H3. The van der Waals surface area contributed by atoms with Crippen LogP contribution in [0.15, 0.2) is 6.07 Å². The van der Waals surface area contributed by atoms with Crippen molar-refractivity contribution in [3.8, 4) is 0 Å². The summed E-state index contributed by atoms with van der Waals surface area (Å²) in [6.45, 7) is 7.42. The van der Waals surface area contributed by atoms with Crippen LogP contribution < -0.4 is 5.32 Å². The number of rotatable bonds is 3. The highest BCUT2D eigenvalue weighted by molar-refractivity contribution is 5.19. The van der Waals surface area contributed by atoms with E-state index in [1.54, 1.807) is 0 Å². The van der Waals surface area contributed by atoms with Crippen molar-refractivity contribution in [2.45, 2.75) is 39.7 Å². The van der Waals surface area contributed by atoms with Gasteiger partial charge in [-0.25, -0.2) is 9.97 Å². The Morgan fingerprint density at radius 1 is 1.47 bits per heavy atom. The largest absolute Gasteiger partial charge is 0.314 e. The van der Waals surface area contributed by atoms with E-state index in [1.807, 2.05) is 14.0 Å². The molecule has 0 saturated heterocycles. The second kappa shape index (κ2) is 3.56. The van der Waals surface area contributed by atoms with Gasteiger partial charge in [-0.3, -0.25) is 0 Å². The first kappa shape index (κ1) is 10.6. The zero-order chi connectivity index (χ0) is 11.1. The van der Waals surface area contributed by atoms with Gasteiger partial charge in [-0.1, -0.05) is 13.8 Å². The van der Waals surface area contributed by atoms with Crippen LogP contribution in [0.25, 0.3) is 0 Å². The Morgan fingerprint density at radius 3 is 2.67 bits per heavy atom. The van der Waals surface area contributed by atoms with Gasteiger partial charge in [0.1, 0.15) is 5.82 Å². The third-order valence-electron chi connectivity index (χ3n) is 3.11. The van der Waals surface area contributed by atoms with E-state index in [0.29, 0.717) is 11.3 Å². The van der Waals surface area contributed by atoms with E-state index in [4.69, 9.17) is 0 Å². The molecule has 1 aromatic heterocycles. The molecular formula is C12H19N3. The van der Waals surface area contributed by atoms with Crippen LogP contribution in [0.1, 0.15) is 43.4 Å². The third kappa shape index (κ3) is 2.17. The molecule has 0 amide bonds. The average Bonchev–Trinajstić information content (AvgIpc) is 2.75. The van der Waals surface area contributed by atoms with Crippen LogP contribution in [0.4, 0.5) is 0 Å². The van der Waals surface area contributed by atoms with E-state index in [0.717, 1.165) is 23.8 Å². The molecule has 1 atom stereocenters. The monoisotopic (exact) mass is 205 g/mol. The zero-order valence-electron chi connectivity index (χ0n) is 9.96. The molecule has 0 spiro atoms. The number of nitrogens with one attached hydrogen (secondary N) is 1. The highest BCUT2D eigenvalue weighted by atomic mass is 14.9. The lowest BCUT2D eigenvalue weighted by molar-refractivity contribution is 0.604. The number of hydrogen-bond donors (Lipinski definition) is 1. The normalized spacial score (nSPS) is 22.8. The SMILES string of the molecule is CNCc1cc(C)nc(C2CC2(C)C)n1. The van der Waals surface area contributed by atoms with Gasteiger partial charge in [0.15, 0.2) is 0 Å². The van der Waals surface area contributed by atoms with Gasteiger partial charge in [-0.05, 0) is 31.9 Å². The fourth-order valence-corrected chi connectivity index (χ4v) is 1.99. The van der Waals surface area contributed by atoms with Crippen LogP contribution in [-0.2, 0) is 6.54 Å². The molecule has 15 heavy (non-hydrogen) atoms. The van der Waals surface area contributed by atoms with Gasteiger partial charge in [0.2, 0.25) is 0 Å². The van der Waals surface area contributed by atoms with Crippen LogP contribution in [0, 0.1) is 12.3 Å². The fourth-order valence-electron chi connectivity index (χ4n) is 1.99. The molecule has 1 N–H and O–H groups in total. The maximum atomic E-state index is 4.61. The quantitative estimate of drug-likeness (QED) is 0.820. The van der Waals surface area contributed by atoms with Crippen molar-refractivity contribution in [2.75, 3.05) is 7.05 Å². The highest BCUT2D eigenvalue weighted by Crippen LogP contribution is 2.57. The van der Waals surface area contributed by atoms with Crippen molar-refractivity contribution in [2.24, 2.45) is 5.41 Å². The summed E-state index contributed by atoms with van der Waals surface area (Å²) in [7, 11) is 1.94. The molecule has 0 bridgehead atoms. The summed E-state index contributed by atoms with van der Waals surface area (Å²) in [6.07, 6.45) is 1.22. The van der Waals surface area contributed by atoms with Crippen molar-refractivity contribution in [1.82, 2.24) is 15.3 Å². The first-order valence-corrected chi connectivity index (χ1v) is 5.52. The summed E-state index contributed by atoms with van der Waals surface area (Å²) >= 11 is 0. The second-order valence-corrected chi connectivity index (χ2v) is 5.13. The molecule has 1 aromatic rings. The summed E-state index contributed by atoms with van der Waals surface area (Å²) in [5, 5.41) is 3.13. The smallest absolute Gasteiger partial charge is 0.132 e. The number of aromatic nitrogens is 2. The molecule has 1 aliphatic rings. The molecule has 0 aromatic carbocycles. The Morgan fingerprint density at radius 2 is 2.13 bits per heavy atom. The fraction of sp³-hybridized carbons (Fsp3) is 0.667. The third-order valence-corrected chi connectivity index (χ3v) is 3.11. The Kier molecular flexibility index (Phi) is 2.51. The minimum atomic E-state index is 0.407. The molecule has 1 heterocycles. The van der Waals surface area contributed by atoms with E-state index in [1.165, 1.54) is 6.42 Å². The summed E-state index contributed by atoms with van der Waals surface area (Å²) in [5.41, 5.74) is 2.58. The predicted octanol–water partition coefficient (Wildman–Crippen LogP) is 2.02. The molecule has 1 fully saturated rings. The molecule has 0 radical (unpaired) electrons. The highest BCUT2D eigenvalue weighted by Gasteiger charge is 2.48. The molecule has 1 unspecified atom stereocenters. The molecule has 2 rings (SSSR count). The zero-order valence-corrected chi connectivity index (χ0v) is 9.96. The minimum absolute atomic E-state index is 0.407. The van der Waals surface area contributed by atoms with E-state index in [2.05, 4.69) is 35.2 Å². The Hall–Kier alpha value is -0.960. The van der Waals surface area contributed by atoms with E-state index < -0.39 is 0 Å². The van der Waals surface area contributed by atoms with E-state index in [9.17, 15) is 0 Å². The van der Waals surface area contributed by atoms with Gasteiger partial charge in [-0.2, -0.15) is 0 Å². The Labute approximate surface area is 91.3 Å². The molecular weight excluding hydrogens is 186 g/mol. The Balaban J connectivity index is 2.25. The topological polar surface area (TPSA) is 37.8 Å². The Bertz CT molecular complexity index is 371. The van der Waals surface area contributed by atoms with Gasteiger partial charge in [0.25, 0.3) is 0 Å². The maximum Gasteiger partial charge on any atom is 0.132 e. The lowest BCUT2D eigenvalue weighted by Crippen LogP contribution is -2.10. The molecule has 0 aliphatic heterocycles. The summed E-state index contributed by atoms with van der Waals surface area (Å²) < 4.78 is 0. The van der Waals surface area contributed by atoms with Crippen molar-refractivity contribution >= 4 is 0 Å². The number of hydrogen-bond acceptors (Lipinski definition) is 3. The van der Waals surface area contributed by atoms with Crippen molar-refractivity contribution in [1.29, 1.82) is 0 Å². The maximum absolute atomic E-state index is 4.61. The van der Waals surface area contributed by atoms with E-state index in [-0.39, 0.29) is 0 Å². The van der Waals surface area contributed by atoms with Gasteiger partial charge in [0.05, 0.1) is 5.69 Å². The summed E-state index contributed by atoms with van der Waals surface area (Å²) in [4.78, 5) is 9.14. The first-order chi connectivity index (χ1) is 7.03. The molecule has 3 nitrogen and oxygen atoms in total. The summed E-state index contributed by atoms with van der Waals surface area (Å²) in [6, 6.07) is 2.05. The lowest BCUT2D eigenvalue weighted by atomic mass is 10.1. The van der Waals surface area contributed by atoms with Gasteiger partial charge in [-0.15, -0.1) is 0 Å². The molecule has 1 saturated carbocycles. The molecule has 1 aliphatic carbocycles. The van der Waals surface area contributed by atoms with Gasteiger partial charge in [0, 0.05) is 18.2 Å². The second-order valence-electron chi connectivity index (χ2n) is 5.13. The lowest BCUT2D eigenvalue weighted by Gasteiger charge is -2.06. The van der Waals surface area contributed by atoms with E-state index >= 15 is 0 Å². The van der Waals surface area contributed by atoms with Crippen LogP contribution in [0.3, 0.4) is 0 Å². The summed E-state index contributed by atoms with van der Waals surface area (Å²) in [5.74, 6) is 1.60. The first-order valence-electron chi connectivity index (χ1n) is 5.52. The average molecular weight is 205 g/mol. The predicted molar refractivity (Wildman–Crippen MR) is 60.7 cm³/mol. The van der Waals surface area contributed by atoms with Crippen LogP contribution in [0.5, 0.6) is 0 Å². The van der Waals surface area contributed by atoms with Crippen LogP contribution >= 0.6 is 0 Å². The van der Waals surface area contributed by atoms with Gasteiger partial charge < -0.3 is 5.32 Å². The van der Waals surface area contributed by atoms with Crippen LogP contribution in [-0.4, -0.2) is 17.0 Å². The van der Waals surface area contributed by atoms with Crippen molar-refractivity contribution in [3.63, 3.8) is 0 Å². The van der Waals surface area contributed by atoms with Crippen molar-refractivity contribution < 1.29 is 0 Å². The van der Waals surface area contributed by atoms with Crippen LogP contribution in [0.2, 0.25) is 0 Å². The molecule has 82 valence electrons. The number of nitrogens with zero attached hydrogens (tertiary/aromatic N) is 2. The van der Waals surface area contributed by atoms with Crippen molar-refractivity contribution in [3.05, 3.63) is 23.3 Å².